The summed E-state index contributed by atoms with van der Waals surface area (Å²) in [5.74, 6) is 1.31. The highest BCUT2D eigenvalue weighted by Crippen LogP contribution is 2.35. The van der Waals surface area contributed by atoms with Gasteiger partial charge in [-0.25, -0.2) is 4.79 Å². The van der Waals surface area contributed by atoms with E-state index in [2.05, 4.69) is 27.7 Å². The summed E-state index contributed by atoms with van der Waals surface area (Å²) in [5, 5.41) is 5.79. The monoisotopic (exact) mass is 424 g/mol. The number of fused-ring (bicyclic) bond motifs is 1. The number of ether oxygens (including phenoxy) is 2. The first-order valence-electron chi connectivity index (χ1n) is 10.6. The van der Waals surface area contributed by atoms with Crippen LogP contribution < -0.4 is 25.0 Å². The Hall–Kier alpha value is -3.26. The maximum absolute atomic E-state index is 12.5. The number of hydrogen-bond donors (Lipinski definition) is 2. The van der Waals surface area contributed by atoms with Gasteiger partial charge in [-0.05, 0) is 24.7 Å². The number of anilines is 1. The summed E-state index contributed by atoms with van der Waals surface area (Å²) in [5.41, 5.74) is 1.99. The first kappa shape index (κ1) is 21.0. The number of likely N-dealkylation sites (N-methyl/N-ethyl adjacent to an activating group) is 1. The topological polar surface area (TPSA) is 83.1 Å². The van der Waals surface area contributed by atoms with Crippen LogP contribution in [0.2, 0.25) is 0 Å². The van der Waals surface area contributed by atoms with E-state index in [0.29, 0.717) is 37.8 Å². The van der Waals surface area contributed by atoms with Gasteiger partial charge in [-0.2, -0.15) is 0 Å². The van der Waals surface area contributed by atoms with Gasteiger partial charge in [-0.3, -0.25) is 4.79 Å². The largest absolute Gasteiger partial charge is 0.486 e. The van der Waals surface area contributed by atoms with Crippen molar-refractivity contribution in [3.05, 3.63) is 54.1 Å². The van der Waals surface area contributed by atoms with E-state index >= 15 is 0 Å². The minimum atomic E-state index is -0.255. The third-order valence-electron chi connectivity index (χ3n) is 5.37. The molecule has 2 heterocycles. The van der Waals surface area contributed by atoms with Crippen molar-refractivity contribution in [1.82, 2.24) is 15.5 Å². The van der Waals surface area contributed by atoms with Crippen molar-refractivity contribution in [2.24, 2.45) is 0 Å². The number of carbonyl (C=O) groups is 2. The fourth-order valence-corrected chi connectivity index (χ4v) is 3.82. The average molecular weight is 425 g/mol. The number of urea groups is 1. The highest BCUT2D eigenvalue weighted by molar-refractivity contribution is 5.97. The van der Waals surface area contributed by atoms with Crippen LogP contribution in [0.5, 0.6) is 11.5 Å². The third-order valence-corrected chi connectivity index (χ3v) is 5.37. The molecule has 8 heteroatoms. The smallest absolute Gasteiger partial charge is 0.315 e. The van der Waals surface area contributed by atoms with Gasteiger partial charge in [0.15, 0.2) is 11.5 Å². The quantitative estimate of drug-likeness (QED) is 0.710. The molecule has 164 valence electrons. The van der Waals surface area contributed by atoms with Gasteiger partial charge >= 0.3 is 6.03 Å². The molecule has 0 radical (unpaired) electrons. The van der Waals surface area contributed by atoms with Crippen molar-refractivity contribution in [1.29, 1.82) is 0 Å². The van der Waals surface area contributed by atoms with E-state index < -0.39 is 0 Å². The molecule has 3 amide bonds. The molecule has 0 bridgehead atoms. The number of benzene rings is 2. The zero-order valence-corrected chi connectivity index (χ0v) is 17.7. The molecular weight excluding hydrogens is 396 g/mol. The van der Waals surface area contributed by atoms with Gasteiger partial charge in [0, 0.05) is 44.4 Å². The number of carbonyl (C=O) groups excluding carboxylic acids is 2. The van der Waals surface area contributed by atoms with Crippen LogP contribution in [0, 0.1) is 0 Å². The van der Waals surface area contributed by atoms with Gasteiger partial charge in [0.2, 0.25) is 5.91 Å². The SMILES string of the molecule is CN(CCNC(=O)NC1CC(=O)N(c2ccc3c(c2)OCCO3)C1)Cc1ccccc1. The zero-order chi connectivity index (χ0) is 21.6. The normalized spacial score (nSPS) is 17.7. The lowest BCUT2D eigenvalue weighted by molar-refractivity contribution is -0.117. The van der Waals surface area contributed by atoms with Crippen molar-refractivity contribution >= 4 is 17.6 Å². The molecule has 0 aliphatic carbocycles. The van der Waals surface area contributed by atoms with Crippen molar-refractivity contribution < 1.29 is 19.1 Å². The van der Waals surface area contributed by atoms with Crippen LogP contribution in [0.1, 0.15) is 12.0 Å². The van der Waals surface area contributed by atoms with Gasteiger partial charge in [-0.15, -0.1) is 0 Å². The lowest BCUT2D eigenvalue weighted by Crippen LogP contribution is -2.45. The van der Waals surface area contributed by atoms with Crippen molar-refractivity contribution in [2.75, 3.05) is 44.8 Å². The molecule has 2 aliphatic rings. The standard InChI is InChI=1S/C23H28N4O4/c1-26(15-17-5-3-2-4-6-17)10-9-24-23(29)25-18-13-22(28)27(16-18)19-7-8-20-21(14-19)31-12-11-30-20/h2-8,14,18H,9-13,15-16H2,1H3,(H2,24,25,29). The van der Waals surface area contributed by atoms with E-state index in [1.807, 2.05) is 43.4 Å². The summed E-state index contributed by atoms with van der Waals surface area (Å²) < 4.78 is 11.1. The highest BCUT2D eigenvalue weighted by Gasteiger charge is 2.32. The Labute approximate surface area is 182 Å². The predicted octanol–water partition coefficient (Wildman–Crippen LogP) is 1.99. The second-order valence-corrected chi connectivity index (χ2v) is 7.86. The lowest BCUT2D eigenvalue weighted by Gasteiger charge is -2.22. The molecule has 31 heavy (non-hydrogen) atoms. The molecule has 0 aromatic heterocycles. The Kier molecular flexibility index (Phi) is 6.57. The summed E-state index contributed by atoms with van der Waals surface area (Å²) in [6.07, 6.45) is 0.274. The summed E-state index contributed by atoms with van der Waals surface area (Å²) in [7, 11) is 2.02. The van der Waals surface area contributed by atoms with Crippen LogP contribution >= 0.6 is 0 Å². The minimum absolute atomic E-state index is 0.0235. The average Bonchev–Trinajstić information content (AvgIpc) is 3.13. The second-order valence-electron chi connectivity index (χ2n) is 7.86. The van der Waals surface area contributed by atoms with E-state index in [-0.39, 0.29) is 24.4 Å². The number of rotatable bonds is 7. The van der Waals surface area contributed by atoms with Gasteiger partial charge in [0.25, 0.3) is 0 Å². The van der Waals surface area contributed by atoms with Gasteiger partial charge in [0.1, 0.15) is 13.2 Å². The molecule has 1 saturated heterocycles. The molecule has 8 nitrogen and oxygen atoms in total. The molecule has 1 unspecified atom stereocenters. The Morgan fingerprint density at radius 1 is 1.13 bits per heavy atom. The number of hydrogen-bond acceptors (Lipinski definition) is 5. The maximum Gasteiger partial charge on any atom is 0.315 e. The Morgan fingerprint density at radius 2 is 1.90 bits per heavy atom. The van der Waals surface area contributed by atoms with Crippen LogP contribution in [-0.4, -0.2) is 62.8 Å². The van der Waals surface area contributed by atoms with Crippen LogP contribution in [0.25, 0.3) is 0 Å². The van der Waals surface area contributed by atoms with Crippen LogP contribution in [0.3, 0.4) is 0 Å². The van der Waals surface area contributed by atoms with E-state index in [4.69, 9.17) is 9.47 Å². The summed E-state index contributed by atoms with van der Waals surface area (Å²) in [6.45, 7) is 3.54. The van der Waals surface area contributed by atoms with Crippen LogP contribution in [0.4, 0.5) is 10.5 Å². The predicted molar refractivity (Wildman–Crippen MR) is 118 cm³/mol. The molecule has 0 spiro atoms. The van der Waals surface area contributed by atoms with Gasteiger partial charge in [-0.1, -0.05) is 30.3 Å². The maximum atomic E-state index is 12.5. The fraction of sp³-hybridized carbons (Fsp3) is 0.391. The van der Waals surface area contributed by atoms with Crippen LogP contribution in [-0.2, 0) is 11.3 Å². The molecule has 1 atom stereocenters. The van der Waals surface area contributed by atoms with E-state index in [1.54, 1.807) is 4.90 Å². The van der Waals surface area contributed by atoms with Crippen molar-refractivity contribution in [3.8, 4) is 11.5 Å². The summed E-state index contributed by atoms with van der Waals surface area (Å²) >= 11 is 0. The van der Waals surface area contributed by atoms with Crippen molar-refractivity contribution in [3.63, 3.8) is 0 Å². The van der Waals surface area contributed by atoms with E-state index in [1.165, 1.54) is 5.56 Å². The second kappa shape index (κ2) is 9.70. The third kappa shape index (κ3) is 5.46. The molecule has 4 rings (SSSR count). The Bertz CT molecular complexity index is 921. The number of nitrogens with one attached hydrogen (secondary N) is 2. The zero-order valence-electron chi connectivity index (χ0n) is 17.7. The number of nitrogens with zero attached hydrogens (tertiary/aromatic N) is 2. The van der Waals surface area contributed by atoms with Crippen LogP contribution in [0.15, 0.2) is 48.5 Å². The first-order valence-corrected chi connectivity index (χ1v) is 10.6. The Morgan fingerprint density at radius 3 is 2.71 bits per heavy atom. The number of amides is 3. The highest BCUT2D eigenvalue weighted by atomic mass is 16.6. The van der Waals surface area contributed by atoms with E-state index in [0.717, 1.165) is 18.8 Å². The lowest BCUT2D eigenvalue weighted by atomic mass is 10.2. The summed E-state index contributed by atoms with van der Waals surface area (Å²) in [4.78, 5) is 28.6. The molecule has 2 aromatic carbocycles. The van der Waals surface area contributed by atoms with Gasteiger partial charge < -0.3 is 29.9 Å². The minimum Gasteiger partial charge on any atom is -0.486 e. The molecule has 0 saturated carbocycles. The molecule has 2 aliphatic heterocycles. The molecule has 2 N–H and O–H groups in total. The molecular formula is C23H28N4O4. The Balaban J connectivity index is 1.22. The first-order chi connectivity index (χ1) is 15.1. The van der Waals surface area contributed by atoms with Gasteiger partial charge in [0.05, 0.1) is 6.04 Å². The van der Waals surface area contributed by atoms with E-state index in [9.17, 15) is 9.59 Å². The summed E-state index contributed by atoms with van der Waals surface area (Å²) in [6, 6.07) is 15.2. The van der Waals surface area contributed by atoms with Crippen molar-refractivity contribution in [2.45, 2.75) is 19.0 Å². The molecule has 2 aromatic rings. The fourth-order valence-electron chi connectivity index (χ4n) is 3.82. The molecule has 1 fully saturated rings.